The molecule has 8 nitrogen and oxygen atoms in total. The van der Waals surface area contributed by atoms with E-state index in [2.05, 4.69) is 25.8 Å². The van der Waals surface area contributed by atoms with Crippen LogP contribution in [0, 0.1) is 5.92 Å². The van der Waals surface area contributed by atoms with Crippen molar-refractivity contribution in [3.63, 3.8) is 0 Å². The van der Waals surface area contributed by atoms with E-state index in [0.29, 0.717) is 17.7 Å². The first kappa shape index (κ1) is 17.3. The monoisotopic (exact) mass is 330 g/mol. The fourth-order valence-electron chi connectivity index (χ4n) is 2.16. The first-order valence-corrected chi connectivity index (χ1v) is 7.35. The molecule has 8 heteroatoms. The van der Waals surface area contributed by atoms with Crippen LogP contribution in [0.5, 0.6) is 0 Å². The number of nitrogens with one attached hydrogen (secondary N) is 2. The zero-order chi connectivity index (χ0) is 17.5. The van der Waals surface area contributed by atoms with Crippen molar-refractivity contribution in [1.29, 1.82) is 0 Å². The van der Waals surface area contributed by atoms with Crippen LogP contribution in [0.3, 0.4) is 0 Å². The third-order valence-corrected chi connectivity index (χ3v) is 3.56. The molecule has 2 amide bonds. The van der Waals surface area contributed by atoms with Crippen LogP contribution in [0.1, 0.15) is 35.7 Å². The van der Waals surface area contributed by atoms with Gasteiger partial charge in [0, 0.05) is 12.1 Å². The highest BCUT2D eigenvalue weighted by molar-refractivity contribution is 6.07. The van der Waals surface area contributed by atoms with Crippen molar-refractivity contribution in [1.82, 2.24) is 10.9 Å². The van der Waals surface area contributed by atoms with E-state index in [1.54, 1.807) is 31.2 Å². The number of esters is 1. The van der Waals surface area contributed by atoms with E-state index in [9.17, 15) is 14.4 Å². The molecule has 0 radical (unpaired) electrons. The highest BCUT2D eigenvalue weighted by atomic mass is 16.5. The lowest BCUT2D eigenvalue weighted by Gasteiger charge is -2.06. The molecule has 1 atom stereocenters. The summed E-state index contributed by atoms with van der Waals surface area (Å²) >= 11 is 0. The Hall–Kier alpha value is -3.03. The van der Waals surface area contributed by atoms with E-state index in [1.807, 2.05) is 0 Å². The fourth-order valence-corrected chi connectivity index (χ4v) is 2.16. The summed E-state index contributed by atoms with van der Waals surface area (Å²) in [5.74, 6) is -1.24. The molecule has 2 N–H and O–H groups in total. The van der Waals surface area contributed by atoms with Gasteiger partial charge in [0.2, 0.25) is 11.8 Å². The molecule has 0 saturated carbocycles. The minimum absolute atomic E-state index is 0.170. The van der Waals surface area contributed by atoms with Gasteiger partial charge in [-0.3, -0.25) is 9.59 Å². The molecule has 0 spiro atoms. The summed E-state index contributed by atoms with van der Waals surface area (Å²) in [6.07, 6.45) is 2.02. The molecule has 0 fully saturated rings. The number of amides is 2. The van der Waals surface area contributed by atoms with Crippen LogP contribution in [-0.2, 0) is 14.3 Å². The number of hydrogen-bond acceptors (Lipinski definition) is 6. The van der Waals surface area contributed by atoms with Crippen LogP contribution < -0.4 is 10.9 Å². The molecule has 1 aromatic carbocycles. The van der Waals surface area contributed by atoms with Crippen LogP contribution in [0.15, 0.2) is 34.5 Å². The number of carbonyl (C=O) groups is 3. The molecule has 0 bridgehead atoms. The van der Waals surface area contributed by atoms with Crippen molar-refractivity contribution < 1.29 is 19.1 Å². The molecule has 0 aliphatic carbocycles. The SMILES string of the molecule is COC(=O)c1ccc(/C=N\NC(=O)CC[C@@H]2C(=O)NN=C2C)cc1. The third kappa shape index (κ3) is 4.48. The third-order valence-electron chi connectivity index (χ3n) is 3.56. The molecule has 0 saturated heterocycles. The quantitative estimate of drug-likeness (QED) is 0.457. The highest BCUT2D eigenvalue weighted by Crippen LogP contribution is 2.13. The van der Waals surface area contributed by atoms with Crippen LogP contribution in [-0.4, -0.2) is 36.8 Å². The van der Waals surface area contributed by atoms with Crippen molar-refractivity contribution in [2.45, 2.75) is 19.8 Å². The van der Waals surface area contributed by atoms with Crippen molar-refractivity contribution in [2.24, 2.45) is 16.1 Å². The van der Waals surface area contributed by atoms with Gasteiger partial charge in [-0.05, 0) is 31.0 Å². The standard InChI is InChI=1S/C16H18N4O4/c1-10-13(15(22)20-18-10)7-8-14(21)19-17-9-11-3-5-12(6-4-11)16(23)24-2/h3-6,9,13H,7-8H2,1-2H3,(H,19,21)(H,20,22)/b17-9-/t13-/m0/s1. The number of methoxy groups -OCH3 is 1. The molecule has 1 aliphatic heterocycles. The summed E-state index contributed by atoms with van der Waals surface area (Å²) in [6.45, 7) is 1.75. The summed E-state index contributed by atoms with van der Waals surface area (Å²) in [5, 5.41) is 7.67. The van der Waals surface area contributed by atoms with Crippen molar-refractivity contribution >= 4 is 29.7 Å². The second-order valence-corrected chi connectivity index (χ2v) is 5.23. The maximum atomic E-state index is 11.7. The maximum absolute atomic E-state index is 11.7. The van der Waals surface area contributed by atoms with Gasteiger partial charge in [-0.15, -0.1) is 0 Å². The minimum atomic E-state index is -0.415. The predicted molar refractivity (Wildman–Crippen MR) is 87.5 cm³/mol. The van der Waals surface area contributed by atoms with Gasteiger partial charge < -0.3 is 4.74 Å². The van der Waals surface area contributed by atoms with E-state index in [0.717, 1.165) is 5.56 Å². The Balaban J connectivity index is 1.79. The van der Waals surface area contributed by atoms with E-state index < -0.39 is 5.97 Å². The average Bonchev–Trinajstić information content (AvgIpc) is 2.91. The Kier molecular flexibility index (Phi) is 5.78. The largest absolute Gasteiger partial charge is 0.465 e. The Bertz CT molecular complexity index is 695. The van der Waals surface area contributed by atoms with Gasteiger partial charge in [0.25, 0.3) is 0 Å². The first-order valence-electron chi connectivity index (χ1n) is 7.35. The zero-order valence-electron chi connectivity index (χ0n) is 13.4. The van der Waals surface area contributed by atoms with Crippen molar-refractivity contribution in [3.05, 3.63) is 35.4 Å². The molecule has 2 rings (SSSR count). The van der Waals surface area contributed by atoms with Crippen molar-refractivity contribution in [3.8, 4) is 0 Å². The Morgan fingerprint density at radius 3 is 2.67 bits per heavy atom. The number of hydrogen-bond donors (Lipinski definition) is 2. The second-order valence-electron chi connectivity index (χ2n) is 5.23. The van der Waals surface area contributed by atoms with E-state index in [-0.39, 0.29) is 24.2 Å². The number of rotatable bonds is 6. The normalized spacial score (nSPS) is 16.7. The average molecular weight is 330 g/mol. The summed E-state index contributed by atoms with van der Waals surface area (Å²) in [6, 6.07) is 6.58. The smallest absolute Gasteiger partial charge is 0.337 e. The first-order chi connectivity index (χ1) is 11.5. The molecular weight excluding hydrogens is 312 g/mol. The van der Waals surface area contributed by atoms with Gasteiger partial charge in [-0.1, -0.05) is 12.1 Å². The van der Waals surface area contributed by atoms with Gasteiger partial charge >= 0.3 is 5.97 Å². The number of carbonyl (C=O) groups excluding carboxylic acids is 3. The molecule has 1 heterocycles. The van der Waals surface area contributed by atoms with Crippen LogP contribution in [0.25, 0.3) is 0 Å². The molecular formula is C16H18N4O4. The fraction of sp³-hybridized carbons (Fsp3) is 0.312. The lowest BCUT2D eigenvalue weighted by molar-refractivity contribution is -0.123. The molecule has 24 heavy (non-hydrogen) atoms. The van der Waals surface area contributed by atoms with E-state index in [1.165, 1.54) is 13.3 Å². The summed E-state index contributed by atoms with van der Waals surface area (Å²) in [4.78, 5) is 34.5. The zero-order valence-corrected chi connectivity index (χ0v) is 13.4. The topological polar surface area (TPSA) is 109 Å². The summed E-state index contributed by atoms with van der Waals surface area (Å²) in [7, 11) is 1.32. The number of nitrogens with zero attached hydrogens (tertiary/aromatic N) is 2. The minimum Gasteiger partial charge on any atom is -0.465 e. The molecule has 1 aromatic rings. The molecule has 0 unspecified atom stereocenters. The van der Waals surface area contributed by atoms with E-state index >= 15 is 0 Å². The summed E-state index contributed by atoms with van der Waals surface area (Å²) < 4.78 is 4.61. The van der Waals surface area contributed by atoms with Gasteiger partial charge in [-0.2, -0.15) is 10.2 Å². The Morgan fingerprint density at radius 1 is 1.38 bits per heavy atom. The van der Waals surface area contributed by atoms with Gasteiger partial charge in [0.15, 0.2) is 0 Å². The Labute approximate surface area is 139 Å². The lowest BCUT2D eigenvalue weighted by atomic mass is 9.99. The Morgan fingerprint density at radius 2 is 2.08 bits per heavy atom. The molecule has 0 aromatic heterocycles. The number of benzene rings is 1. The highest BCUT2D eigenvalue weighted by Gasteiger charge is 2.26. The van der Waals surface area contributed by atoms with E-state index in [4.69, 9.17) is 0 Å². The van der Waals surface area contributed by atoms with Gasteiger partial charge in [0.1, 0.15) is 0 Å². The van der Waals surface area contributed by atoms with Crippen LogP contribution in [0.4, 0.5) is 0 Å². The van der Waals surface area contributed by atoms with Gasteiger partial charge in [0.05, 0.1) is 24.8 Å². The molecule has 1 aliphatic rings. The number of ether oxygens (including phenoxy) is 1. The van der Waals surface area contributed by atoms with Crippen LogP contribution >= 0.6 is 0 Å². The molecule has 126 valence electrons. The maximum Gasteiger partial charge on any atom is 0.337 e. The van der Waals surface area contributed by atoms with Gasteiger partial charge in [-0.25, -0.2) is 15.6 Å². The van der Waals surface area contributed by atoms with Crippen LogP contribution in [0.2, 0.25) is 0 Å². The van der Waals surface area contributed by atoms with Crippen molar-refractivity contribution in [2.75, 3.05) is 7.11 Å². The predicted octanol–water partition coefficient (Wildman–Crippen LogP) is 0.825. The number of hydrazone groups is 2. The second kappa shape index (κ2) is 8.00. The summed E-state index contributed by atoms with van der Waals surface area (Å²) in [5.41, 5.74) is 6.62. The lowest BCUT2D eigenvalue weighted by Crippen LogP contribution is -2.25.